The van der Waals surface area contributed by atoms with Crippen molar-refractivity contribution >= 4 is 38.9 Å². The van der Waals surface area contributed by atoms with Crippen molar-refractivity contribution in [1.29, 1.82) is 0 Å². The number of amides is 2. The van der Waals surface area contributed by atoms with Gasteiger partial charge in [0.2, 0.25) is 5.91 Å². The topological polar surface area (TPSA) is 95.6 Å². The second kappa shape index (κ2) is 7.89. The van der Waals surface area contributed by atoms with Crippen molar-refractivity contribution in [3.63, 3.8) is 0 Å². The normalized spacial score (nSPS) is 16.7. The van der Waals surface area contributed by atoms with Gasteiger partial charge in [0.05, 0.1) is 16.2 Å². The molecule has 2 aliphatic rings. The van der Waals surface area contributed by atoms with Crippen molar-refractivity contribution in [3.8, 4) is 0 Å². The largest absolute Gasteiger partial charge is 0.315 e. The summed E-state index contributed by atoms with van der Waals surface area (Å²) in [4.78, 5) is 29.7. The molecule has 0 atom stereocenters. The summed E-state index contributed by atoms with van der Waals surface area (Å²) in [5.41, 5.74) is 4.88. The molecule has 154 valence electrons. The van der Waals surface area contributed by atoms with Gasteiger partial charge in [-0.15, -0.1) is 16.2 Å². The maximum atomic E-state index is 12.6. The maximum absolute atomic E-state index is 12.6. The van der Waals surface area contributed by atoms with Crippen LogP contribution in [0.4, 0.5) is 5.69 Å². The molecule has 2 N–H and O–H groups in total. The maximum Gasteiger partial charge on any atom is 0.276 e. The Bertz CT molecular complexity index is 1050. The van der Waals surface area contributed by atoms with Crippen LogP contribution in [0.15, 0.2) is 29.2 Å². The van der Waals surface area contributed by atoms with E-state index in [0.29, 0.717) is 16.1 Å². The van der Waals surface area contributed by atoms with Crippen LogP contribution in [0.5, 0.6) is 0 Å². The van der Waals surface area contributed by atoms with E-state index >= 15 is 0 Å². The molecule has 1 aliphatic carbocycles. The van der Waals surface area contributed by atoms with Gasteiger partial charge in [-0.05, 0) is 61.1 Å². The molecule has 29 heavy (non-hydrogen) atoms. The highest BCUT2D eigenvalue weighted by atomic mass is 32.2. The van der Waals surface area contributed by atoms with Crippen LogP contribution in [0.1, 0.15) is 51.4 Å². The van der Waals surface area contributed by atoms with Crippen molar-refractivity contribution in [2.24, 2.45) is 0 Å². The first-order chi connectivity index (χ1) is 13.8. The van der Waals surface area contributed by atoms with Crippen LogP contribution in [0, 0.1) is 0 Å². The molecule has 2 heterocycles. The molecule has 0 radical (unpaired) electrons. The molecule has 0 spiro atoms. The second-order valence-electron chi connectivity index (χ2n) is 7.45. The van der Waals surface area contributed by atoms with Crippen LogP contribution in [0.3, 0.4) is 0 Å². The Hall–Kier alpha value is -2.23. The average Bonchev–Trinajstić information content (AvgIpc) is 3.20. The average molecular weight is 434 g/mol. The third-order valence-corrected chi connectivity index (χ3v) is 7.94. The Morgan fingerprint density at radius 3 is 2.62 bits per heavy atom. The first-order valence-electron chi connectivity index (χ1n) is 9.68. The molecule has 4 rings (SSSR count). The summed E-state index contributed by atoms with van der Waals surface area (Å²) in [6.07, 6.45) is 6.76. The van der Waals surface area contributed by atoms with Crippen LogP contribution in [-0.4, -0.2) is 27.3 Å². The molecule has 0 bridgehead atoms. The number of anilines is 1. The molecular formula is C20H23N3O4S2. The van der Waals surface area contributed by atoms with Crippen molar-refractivity contribution in [1.82, 2.24) is 10.3 Å². The number of hydrogen-bond acceptors (Lipinski definition) is 5. The lowest BCUT2D eigenvalue weighted by Gasteiger charge is -2.11. The SMILES string of the molecule is CN1C(=O)Cc2cc(S(=O)(=O)NNC(=O)c3cc4c(s3)CCCCCC4)ccc21. The molecule has 1 aromatic heterocycles. The Kier molecular flexibility index (Phi) is 5.46. The lowest BCUT2D eigenvalue weighted by molar-refractivity contribution is -0.117. The third-order valence-electron chi connectivity index (χ3n) is 5.46. The zero-order valence-electron chi connectivity index (χ0n) is 16.2. The number of likely N-dealkylation sites (N-methyl/N-ethyl adjacent to an activating group) is 1. The van der Waals surface area contributed by atoms with Crippen molar-refractivity contribution in [3.05, 3.63) is 45.1 Å². The van der Waals surface area contributed by atoms with E-state index in [1.54, 1.807) is 13.1 Å². The minimum atomic E-state index is -3.94. The van der Waals surface area contributed by atoms with Crippen molar-refractivity contribution in [2.45, 2.75) is 49.8 Å². The quantitative estimate of drug-likeness (QED) is 0.725. The zero-order chi connectivity index (χ0) is 20.6. The molecule has 2 amide bonds. The Balaban J connectivity index is 1.46. The summed E-state index contributed by atoms with van der Waals surface area (Å²) >= 11 is 1.44. The number of benzene rings is 1. The van der Waals surface area contributed by atoms with Gasteiger partial charge in [-0.2, -0.15) is 0 Å². The number of sulfonamides is 1. The number of nitrogens with zero attached hydrogens (tertiary/aromatic N) is 1. The summed E-state index contributed by atoms with van der Waals surface area (Å²) in [7, 11) is -2.28. The predicted octanol–water partition coefficient (Wildman–Crippen LogP) is 2.55. The highest BCUT2D eigenvalue weighted by Crippen LogP contribution is 2.30. The number of aryl methyl sites for hydroxylation is 2. The molecule has 7 nitrogen and oxygen atoms in total. The fraction of sp³-hybridized carbons (Fsp3) is 0.400. The molecule has 0 saturated carbocycles. The van der Waals surface area contributed by atoms with Crippen molar-refractivity contribution in [2.75, 3.05) is 11.9 Å². The van der Waals surface area contributed by atoms with E-state index in [-0.39, 0.29) is 17.2 Å². The summed E-state index contributed by atoms with van der Waals surface area (Å²) in [6, 6.07) is 6.39. The standard InChI is InChI=1S/C20H23N3O4S2/c1-23-16-9-8-15(10-14(16)12-19(23)24)29(26,27)22-21-20(25)18-11-13-6-4-2-3-5-7-17(13)28-18/h8-11,22H,2-7,12H2,1H3,(H,21,25). The predicted molar refractivity (Wildman–Crippen MR) is 112 cm³/mol. The molecule has 0 unspecified atom stereocenters. The lowest BCUT2D eigenvalue weighted by Crippen LogP contribution is -2.41. The zero-order valence-corrected chi connectivity index (χ0v) is 17.8. The van der Waals surface area contributed by atoms with E-state index in [4.69, 9.17) is 0 Å². The van der Waals surface area contributed by atoms with Gasteiger partial charge in [-0.3, -0.25) is 15.0 Å². The number of hydrazine groups is 1. The van der Waals surface area contributed by atoms with E-state index in [0.717, 1.165) is 25.7 Å². The summed E-state index contributed by atoms with van der Waals surface area (Å²) < 4.78 is 25.2. The van der Waals surface area contributed by atoms with Crippen LogP contribution >= 0.6 is 11.3 Å². The van der Waals surface area contributed by atoms with E-state index < -0.39 is 15.9 Å². The molecule has 2 aromatic rings. The van der Waals surface area contributed by atoms with Gasteiger partial charge in [0.15, 0.2) is 0 Å². The van der Waals surface area contributed by atoms with Gasteiger partial charge in [-0.1, -0.05) is 12.8 Å². The molecular weight excluding hydrogens is 410 g/mol. The number of hydrogen-bond donors (Lipinski definition) is 2. The van der Waals surface area contributed by atoms with Crippen LogP contribution in [-0.2, 0) is 34.1 Å². The molecule has 1 aliphatic heterocycles. The Morgan fingerprint density at radius 1 is 1.07 bits per heavy atom. The fourth-order valence-electron chi connectivity index (χ4n) is 3.80. The highest BCUT2D eigenvalue weighted by molar-refractivity contribution is 7.89. The smallest absolute Gasteiger partial charge is 0.276 e. The van der Waals surface area contributed by atoms with Crippen molar-refractivity contribution < 1.29 is 18.0 Å². The molecule has 0 fully saturated rings. The first kappa shape index (κ1) is 20.1. The number of rotatable bonds is 4. The van der Waals surface area contributed by atoms with Crippen LogP contribution in [0.2, 0.25) is 0 Å². The fourth-order valence-corrected chi connectivity index (χ4v) is 5.84. The van der Waals surface area contributed by atoms with Gasteiger partial charge in [0.1, 0.15) is 0 Å². The first-order valence-corrected chi connectivity index (χ1v) is 12.0. The minimum Gasteiger partial charge on any atom is -0.315 e. The monoisotopic (exact) mass is 433 g/mol. The van der Waals surface area contributed by atoms with Crippen LogP contribution < -0.4 is 15.2 Å². The molecule has 9 heteroatoms. The van der Waals surface area contributed by atoms with Gasteiger partial charge < -0.3 is 4.90 Å². The molecule has 0 saturated heterocycles. The summed E-state index contributed by atoms with van der Waals surface area (Å²) in [5, 5.41) is 0. The third kappa shape index (κ3) is 4.08. The Morgan fingerprint density at radius 2 is 1.83 bits per heavy atom. The van der Waals surface area contributed by atoms with Gasteiger partial charge >= 0.3 is 0 Å². The van der Waals surface area contributed by atoms with E-state index in [1.165, 1.54) is 51.7 Å². The van der Waals surface area contributed by atoms with Gasteiger partial charge in [-0.25, -0.2) is 8.42 Å². The second-order valence-corrected chi connectivity index (χ2v) is 10.3. The minimum absolute atomic E-state index is 0.0121. The molecule has 1 aromatic carbocycles. The lowest BCUT2D eigenvalue weighted by atomic mass is 10.00. The van der Waals surface area contributed by atoms with Gasteiger partial charge in [0.25, 0.3) is 15.9 Å². The number of thiophene rings is 1. The summed E-state index contributed by atoms with van der Waals surface area (Å²) in [6.45, 7) is 0. The Labute approximate surface area is 174 Å². The van der Waals surface area contributed by atoms with E-state index in [2.05, 4.69) is 10.3 Å². The number of nitrogens with one attached hydrogen (secondary N) is 2. The number of carbonyl (C=O) groups excluding carboxylic acids is 2. The van der Waals surface area contributed by atoms with Gasteiger partial charge in [0, 0.05) is 17.6 Å². The van der Waals surface area contributed by atoms with E-state index in [1.807, 2.05) is 6.07 Å². The number of fused-ring (bicyclic) bond motifs is 2. The highest BCUT2D eigenvalue weighted by Gasteiger charge is 2.26. The summed E-state index contributed by atoms with van der Waals surface area (Å²) in [5.74, 6) is -0.537. The van der Waals surface area contributed by atoms with E-state index in [9.17, 15) is 18.0 Å². The van der Waals surface area contributed by atoms with Crippen LogP contribution in [0.25, 0.3) is 0 Å². The number of carbonyl (C=O) groups is 2.